The minimum absolute atomic E-state index is 0.127. The molecule has 0 aromatic heterocycles. The van der Waals surface area contributed by atoms with Crippen LogP contribution in [-0.4, -0.2) is 17.0 Å². The topological polar surface area (TPSA) is 29.5 Å². The first-order valence-electron chi connectivity index (χ1n) is 5.18. The van der Waals surface area contributed by atoms with E-state index in [1.165, 1.54) is 6.42 Å². The van der Waals surface area contributed by atoms with Gasteiger partial charge in [-0.3, -0.25) is 0 Å². The maximum atomic E-state index is 9.74. The van der Waals surface area contributed by atoms with Gasteiger partial charge in [0.2, 0.25) is 0 Å². The maximum Gasteiger partial charge on any atom is 0.158 e. The van der Waals surface area contributed by atoms with Crippen molar-refractivity contribution in [2.45, 2.75) is 52.4 Å². The monoisotopic (exact) mass is 184 g/mol. The van der Waals surface area contributed by atoms with Gasteiger partial charge >= 0.3 is 0 Å². The fourth-order valence-corrected chi connectivity index (χ4v) is 3.16. The molecule has 0 amide bonds. The molecule has 1 aliphatic carbocycles. The standard InChI is InChI=1S/C11H20O2/c1-10(2)5-7-8(6-10)11(3,4)13-9(7)12/h7-9,12H,5-6H2,1-4H3/t7-,8+,9?/m0/s1. The summed E-state index contributed by atoms with van der Waals surface area (Å²) in [6, 6.07) is 0. The summed E-state index contributed by atoms with van der Waals surface area (Å²) in [5.41, 5.74) is 0.259. The maximum absolute atomic E-state index is 9.74. The van der Waals surface area contributed by atoms with Gasteiger partial charge in [-0.25, -0.2) is 0 Å². The molecule has 2 heteroatoms. The Morgan fingerprint density at radius 3 is 2.31 bits per heavy atom. The highest BCUT2D eigenvalue weighted by Crippen LogP contribution is 2.55. The minimum Gasteiger partial charge on any atom is -0.368 e. The van der Waals surface area contributed by atoms with Gasteiger partial charge in [-0.15, -0.1) is 0 Å². The van der Waals surface area contributed by atoms with E-state index < -0.39 is 6.29 Å². The zero-order chi connectivity index (χ0) is 9.85. The minimum atomic E-state index is -0.526. The van der Waals surface area contributed by atoms with Crippen molar-refractivity contribution in [2.75, 3.05) is 0 Å². The Labute approximate surface area is 80.3 Å². The summed E-state index contributed by atoms with van der Waals surface area (Å²) in [6.45, 7) is 8.77. The predicted octanol–water partition coefficient (Wildman–Crippen LogP) is 2.17. The number of rotatable bonds is 0. The number of hydrogen-bond donors (Lipinski definition) is 1. The summed E-state index contributed by atoms with van der Waals surface area (Å²) in [7, 11) is 0. The second-order valence-electron chi connectivity index (χ2n) is 5.95. The Bertz CT molecular complexity index is 220. The second-order valence-corrected chi connectivity index (χ2v) is 5.95. The Kier molecular flexibility index (Phi) is 1.81. The molecule has 1 heterocycles. The lowest BCUT2D eigenvalue weighted by Crippen LogP contribution is -2.29. The van der Waals surface area contributed by atoms with Crippen LogP contribution in [0.5, 0.6) is 0 Å². The Hall–Kier alpha value is -0.0800. The van der Waals surface area contributed by atoms with E-state index in [4.69, 9.17) is 4.74 Å². The van der Waals surface area contributed by atoms with E-state index in [1.807, 2.05) is 0 Å². The molecule has 1 N–H and O–H groups in total. The van der Waals surface area contributed by atoms with E-state index in [2.05, 4.69) is 27.7 Å². The van der Waals surface area contributed by atoms with Crippen LogP contribution in [0.3, 0.4) is 0 Å². The lowest BCUT2D eigenvalue weighted by molar-refractivity contribution is -0.144. The molecule has 0 aromatic carbocycles. The molecule has 76 valence electrons. The van der Waals surface area contributed by atoms with Gasteiger partial charge in [0, 0.05) is 5.92 Å². The molecule has 0 spiro atoms. The van der Waals surface area contributed by atoms with Crippen molar-refractivity contribution < 1.29 is 9.84 Å². The van der Waals surface area contributed by atoms with Gasteiger partial charge < -0.3 is 9.84 Å². The summed E-state index contributed by atoms with van der Waals surface area (Å²) in [5.74, 6) is 0.905. The first-order valence-corrected chi connectivity index (χ1v) is 5.18. The number of fused-ring (bicyclic) bond motifs is 1. The lowest BCUT2D eigenvalue weighted by atomic mass is 9.84. The van der Waals surface area contributed by atoms with Gasteiger partial charge in [0.25, 0.3) is 0 Å². The normalized spacial score (nSPS) is 46.4. The van der Waals surface area contributed by atoms with Gasteiger partial charge in [-0.05, 0) is 38.0 Å². The van der Waals surface area contributed by atoms with Crippen LogP contribution in [0, 0.1) is 17.3 Å². The third kappa shape index (κ3) is 1.40. The molecule has 1 saturated heterocycles. The first kappa shape index (κ1) is 9.47. The molecule has 0 aromatic rings. The molecule has 13 heavy (non-hydrogen) atoms. The molecule has 0 radical (unpaired) electrons. The molecular weight excluding hydrogens is 164 g/mol. The molecule has 2 aliphatic rings. The summed E-state index contributed by atoms with van der Waals surface area (Å²) in [6.07, 6.45) is 1.76. The van der Waals surface area contributed by atoms with E-state index in [0.717, 1.165) is 6.42 Å². The molecule has 2 fully saturated rings. The number of aliphatic hydroxyl groups is 1. The van der Waals surface area contributed by atoms with Crippen LogP contribution < -0.4 is 0 Å². The van der Waals surface area contributed by atoms with Crippen LogP contribution in [0.15, 0.2) is 0 Å². The van der Waals surface area contributed by atoms with Crippen molar-refractivity contribution in [2.24, 2.45) is 17.3 Å². The average Bonchev–Trinajstić information content (AvgIpc) is 2.32. The van der Waals surface area contributed by atoms with Crippen molar-refractivity contribution in [1.82, 2.24) is 0 Å². The summed E-state index contributed by atoms with van der Waals surface area (Å²) in [5, 5.41) is 9.74. The Balaban J connectivity index is 2.23. The fraction of sp³-hybridized carbons (Fsp3) is 1.00. The average molecular weight is 184 g/mol. The molecule has 1 aliphatic heterocycles. The molecule has 0 bridgehead atoms. The van der Waals surface area contributed by atoms with Crippen LogP contribution in [0.25, 0.3) is 0 Å². The highest BCUT2D eigenvalue weighted by atomic mass is 16.6. The molecule has 3 atom stereocenters. The van der Waals surface area contributed by atoms with E-state index in [1.54, 1.807) is 0 Å². The van der Waals surface area contributed by atoms with Crippen molar-refractivity contribution in [1.29, 1.82) is 0 Å². The van der Waals surface area contributed by atoms with E-state index in [-0.39, 0.29) is 5.60 Å². The second kappa shape index (κ2) is 2.48. The zero-order valence-electron chi connectivity index (χ0n) is 9.00. The lowest BCUT2D eigenvalue weighted by Gasteiger charge is -2.27. The van der Waals surface area contributed by atoms with Crippen LogP contribution in [0.2, 0.25) is 0 Å². The van der Waals surface area contributed by atoms with Gasteiger partial charge in [0.05, 0.1) is 5.60 Å². The van der Waals surface area contributed by atoms with Crippen molar-refractivity contribution in [3.8, 4) is 0 Å². The van der Waals surface area contributed by atoms with Gasteiger partial charge in [-0.1, -0.05) is 13.8 Å². The molecule has 2 nitrogen and oxygen atoms in total. The Morgan fingerprint density at radius 2 is 1.77 bits per heavy atom. The van der Waals surface area contributed by atoms with Crippen LogP contribution >= 0.6 is 0 Å². The molecular formula is C11H20O2. The van der Waals surface area contributed by atoms with Crippen LogP contribution in [0.1, 0.15) is 40.5 Å². The first-order chi connectivity index (χ1) is 5.82. The van der Waals surface area contributed by atoms with E-state index in [9.17, 15) is 5.11 Å². The molecule has 2 rings (SSSR count). The number of hydrogen-bond acceptors (Lipinski definition) is 2. The number of aliphatic hydroxyl groups excluding tert-OH is 1. The highest BCUT2D eigenvalue weighted by molar-refractivity contribution is 5.01. The predicted molar refractivity (Wildman–Crippen MR) is 51.2 cm³/mol. The van der Waals surface area contributed by atoms with Crippen molar-refractivity contribution >= 4 is 0 Å². The van der Waals surface area contributed by atoms with Crippen molar-refractivity contribution in [3.05, 3.63) is 0 Å². The summed E-state index contributed by atoms with van der Waals surface area (Å²) in [4.78, 5) is 0. The van der Waals surface area contributed by atoms with E-state index in [0.29, 0.717) is 17.3 Å². The highest BCUT2D eigenvalue weighted by Gasteiger charge is 2.55. The summed E-state index contributed by atoms with van der Waals surface area (Å²) >= 11 is 0. The van der Waals surface area contributed by atoms with Crippen molar-refractivity contribution in [3.63, 3.8) is 0 Å². The molecule has 1 saturated carbocycles. The van der Waals surface area contributed by atoms with Gasteiger partial charge in [0.15, 0.2) is 6.29 Å². The Morgan fingerprint density at radius 1 is 1.15 bits per heavy atom. The largest absolute Gasteiger partial charge is 0.368 e. The SMILES string of the molecule is CC1(C)C[C@@H]2C(O)OC(C)(C)[C@@H]2C1. The van der Waals surface area contributed by atoms with Crippen LogP contribution in [-0.2, 0) is 4.74 Å². The quantitative estimate of drug-likeness (QED) is 0.625. The smallest absolute Gasteiger partial charge is 0.158 e. The molecule has 1 unspecified atom stereocenters. The van der Waals surface area contributed by atoms with E-state index >= 15 is 0 Å². The third-order valence-electron chi connectivity index (χ3n) is 3.76. The van der Waals surface area contributed by atoms with Gasteiger partial charge in [-0.2, -0.15) is 0 Å². The fourth-order valence-electron chi connectivity index (χ4n) is 3.16. The summed E-state index contributed by atoms with van der Waals surface area (Å²) < 4.78 is 5.56. The number of ether oxygens (including phenoxy) is 1. The van der Waals surface area contributed by atoms with Gasteiger partial charge in [0.1, 0.15) is 0 Å². The zero-order valence-corrected chi connectivity index (χ0v) is 9.00. The third-order valence-corrected chi connectivity index (χ3v) is 3.76. The van der Waals surface area contributed by atoms with Crippen LogP contribution in [0.4, 0.5) is 0 Å².